The molecule has 3 rings (SSSR count). The number of rotatable bonds is 3. The number of aliphatic hydroxyl groups is 1. The third-order valence-corrected chi connectivity index (χ3v) is 4.51. The molecule has 1 heterocycles. The zero-order chi connectivity index (χ0) is 13.6. The van der Waals surface area contributed by atoms with Crippen LogP contribution in [0.4, 0.5) is 5.69 Å². The number of ketones is 1. The highest BCUT2D eigenvalue weighted by atomic mass is 16.3. The minimum absolute atomic E-state index is 0.0195. The summed E-state index contributed by atoms with van der Waals surface area (Å²) in [5, 5.41) is 9.46. The van der Waals surface area contributed by atoms with Gasteiger partial charge in [0.05, 0.1) is 18.4 Å². The Morgan fingerprint density at radius 3 is 2.74 bits per heavy atom. The van der Waals surface area contributed by atoms with E-state index in [-0.39, 0.29) is 18.3 Å². The number of aliphatic hydroxyl groups excluding tert-OH is 1. The van der Waals surface area contributed by atoms with Crippen molar-refractivity contribution in [3.05, 3.63) is 29.3 Å². The molecule has 2 aliphatic rings. The number of hydrogen-bond acceptors (Lipinski definition) is 3. The van der Waals surface area contributed by atoms with Crippen LogP contribution in [0, 0.1) is 5.41 Å². The van der Waals surface area contributed by atoms with E-state index in [0.29, 0.717) is 12.0 Å². The number of nitrogens with zero attached hydrogens (tertiary/aromatic N) is 1. The number of benzene rings is 1. The topological polar surface area (TPSA) is 57.6 Å². The van der Waals surface area contributed by atoms with Gasteiger partial charge in [-0.15, -0.1) is 0 Å². The Labute approximate surface area is 112 Å². The molecule has 1 fully saturated rings. The fraction of sp³-hybridized carbons (Fsp3) is 0.467. The zero-order valence-corrected chi connectivity index (χ0v) is 11.0. The standard InChI is InChI=1S/C15H17NO3/c1-16-12-4-3-10(7-11(12)8-13(16)18)14(19)15(9-17)5-2-6-15/h3-4,7,17H,2,5-6,8-9H2,1H3. The van der Waals surface area contributed by atoms with Crippen LogP contribution in [0.2, 0.25) is 0 Å². The van der Waals surface area contributed by atoms with E-state index in [1.807, 2.05) is 12.1 Å². The molecule has 0 unspecified atom stereocenters. The fourth-order valence-electron chi connectivity index (χ4n) is 2.98. The molecular weight excluding hydrogens is 242 g/mol. The summed E-state index contributed by atoms with van der Waals surface area (Å²) in [6.45, 7) is -0.0816. The van der Waals surface area contributed by atoms with E-state index in [1.165, 1.54) is 0 Å². The molecular formula is C15H17NO3. The van der Waals surface area contributed by atoms with E-state index in [1.54, 1.807) is 18.0 Å². The molecule has 0 aromatic heterocycles. The molecule has 0 radical (unpaired) electrons. The Balaban J connectivity index is 1.94. The predicted octanol–water partition coefficient (Wildman–Crippen LogP) is 1.55. The van der Waals surface area contributed by atoms with E-state index in [2.05, 4.69) is 0 Å². The first-order valence-electron chi connectivity index (χ1n) is 6.62. The maximum absolute atomic E-state index is 12.5. The smallest absolute Gasteiger partial charge is 0.231 e. The van der Waals surface area contributed by atoms with Crippen LogP contribution < -0.4 is 4.90 Å². The second-order valence-corrected chi connectivity index (χ2v) is 5.59. The van der Waals surface area contributed by atoms with Gasteiger partial charge in [0.2, 0.25) is 5.91 Å². The normalized spacial score (nSPS) is 20.1. The Morgan fingerprint density at radius 2 is 2.16 bits per heavy atom. The summed E-state index contributed by atoms with van der Waals surface area (Å²) in [6, 6.07) is 5.41. The number of amides is 1. The summed E-state index contributed by atoms with van der Waals surface area (Å²) in [5.74, 6) is 0.0752. The van der Waals surface area contributed by atoms with Gasteiger partial charge in [-0.2, -0.15) is 0 Å². The quantitative estimate of drug-likeness (QED) is 0.838. The lowest BCUT2D eigenvalue weighted by Gasteiger charge is -2.38. The third-order valence-electron chi connectivity index (χ3n) is 4.51. The molecule has 0 spiro atoms. The first-order valence-corrected chi connectivity index (χ1v) is 6.62. The highest BCUT2D eigenvalue weighted by Gasteiger charge is 2.44. The van der Waals surface area contributed by atoms with Crippen molar-refractivity contribution in [1.29, 1.82) is 0 Å². The van der Waals surface area contributed by atoms with Gasteiger partial charge >= 0.3 is 0 Å². The number of hydrogen-bond donors (Lipinski definition) is 1. The molecule has 1 amide bonds. The van der Waals surface area contributed by atoms with Gasteiger partial charge in [0.1, 0.15) is 0 Å². The minimum atomic E-state index is -0.567. The second kappa shape index (κ2) is 4.17. The van der Waals surface area contributed by atoms with Crippen LogP contribution in [0.5, 0.6) is 0 Å². The van der Waals surface area contributed by atoms with Gasteiger partial charge in [0.25, 0.3) is 0 Å². The molecule has 0 saturated heterocycles. The highest BCUT2D eigenvalue weighted by molar-refractivity contribution is 6.05. The first-order chi connectivity index (χ1) is 9.07. The maximum Gasteiger partial charge on any atom is 0.231 e. The Bertz CT molecular complexity index is 555. The van der Waals surface area contributed by atoms with Crippen molar-refractivity contribution >= 4 is 17.4 Å². The van der Waals surface area contributed by atoms with Gasteiger partial charge in [0, 0.05) is 18.3 Å². The number of fused-ring (bicyclic) bond motifs is 1. The van der Waals surface area contributed by atoms with E-state index in [4.69, 9.17) is 0 Å². The average Bonchev–Trinajstić information content (AvgIpc) is 2.64. The van der Waals surface area contributed by atoms with Crippen LogP contribution in [0.25, 0.3) is 0 Å². The van der Waals surface area contributed by atoms with Crippen molar-refractivity contribution in [2.45, 2.75) is 25.7 Å². The number of carbonyl (C=O) groups is 2. The van der Waals surface area contributed by atoms with Crippen molar-refractivity contribution in [2.24, 2.45) is 5.41 Å². The molecule has 1 aliphatic carbocycles. The Hall–Kier alpha value is -1.68. The summed E-state index contributed by atoms with van der Waals surface area (Å²) < 4.78 is 0. The van der Waals surface area contributed by atoms with Crippen molar-refractivity contribution < 1.29 is 14.7 Å². The number of Topliss-reactive ketones (excluding diaryl/α,β-unsaturated/α-hetero) is 1. The lowest BCUT2D eigenvalue weighted by molar-refractivity contribution is -0.117. The molecule has 1 aromatic rings. The zero-order valence-electron chi connectivity index (χ0n) is 11.0. The minimum Gasteiger partial charge on any atom is -0.395 e. The van der Waals surface area contributed by atoms with Crippen LogP contribution in [-0.2, 0) is 11.2 Å². The van der Waals surface area contributed by atoms with E-state index >= 15 is 0 Å². The number of anilines is 1. The first kappa shape index (κ1) is 12.4. The molecule has 4 nitrogen and oxygen atoms in total. The molecule has 4 heteroatoms. The Kier molecular flexibility index (Phi) is 2.71. The van der Waals surface area contributed by atoms with Crippen LogP contribution in [0.3, 0.4) is 0 Å². The molecule has 1 saturated carbocycles. The highest BCUT2D eigenvalue weighted by Crippen LogP contribution is 2.43. The number of likely N-dealkylation sites (N-methyl/N-ethyl adjacent to an activating group) is 1. The van der Waals surface area contributed by atoms with E-state index in [9.17, 15) is 14.7 Å². The van der Waals surface area contributed by atoms with Crippen molar-refractivity contribution in [3.63, 3.8) is 0 Å². The molecule has 0 atom stereocenters. The summed E-state index contributed by atoms with van der Waals surface area (Å²) >= 11 is 0. The van der Waals surface area contributed by atoms with E-state index in [0.717, 1.165) is 30.5 Å². The fourth-order valence-corrected chi connectivity index (χ4v) is 2.98. The van der Waals surface area contributed by atoms with Crippen molar-refractivity contribution in [2.75, 3.05) is 18.6 Å². The number of carbonyl (C=O) groups excluding carboxylic acids is 2. The largest absolute Gasteiger partial charge is 0.395 e. The van der Waals surface area contributed by atoms with Crippen LogP contribution in [0.15, 0.2) is 18.2 Å². The summed E-state index contributed by atoms with van der Waals surface area (Å²) in [4.78, 5) is 25.7. The van der Waals surface area contributed by atoms with Crippen LogP contribution in [-0.4, -0.2) is 30.5 Å². The molecule has 0 bridgehead atoms. The van der Waals surface area contributed by atoms with Crippen molar-refractivity contribution in [3.8, 4) is 0 Å². The van der Waals surface area contributed by atoms with Gasteiger partial charge in [-0.1, -0.05) is 6.42 Å². The lowest BCUT2D eigenvalue weighted by atomic mass is 9.65. The van der Waals surface area contributed by atoms with Crippen LogP contribution >= 0.6 is 0 Å². The van der Waals surface area contributed by atoms with Gasteiger partial charge in [-0.05, 0) is 36.6 Å². The molecule has 100 valence electrons. The Morgan fingerprint density at radius 1 is 1.42 bits per heavy atom. The third kappa shape index (κ3) is 1.70. The molecule has 19 heavy (non-hydrogen) atoms. The summed E-state index contributed by atoms with van der Waals surface area (Å²) in [7, 11) is 1.75. The van der Waals surface area contributed by atoms with Crippen molar-refractivity contribution in [1.82, 2.24) is 0 Å². The van der Waals surface area contributed by atoms with Gasteiger partial charge in [-0.25, -0.2) is 0 Å². The monoisotopic (exact) mass is 259 g/mol. The predicted molar refractivity (Wildman–Crippen MR) is 71.3 cm³/mol. The lowest BCUT2D eigenvalue weighted by Crippen LogP contribution is -2.41. The summed E-state index contributed by atoms with van der Waals surface area (Å²) in [6.07, 6.45) is 2.88. The SMILES string of the molecule is CN1C(=O)Cc2cc(C(=O)C3(CO)CCC3)ccc21. The van der Waals surface area contributed by atoms with Gasteiger partial charge in [-0.3, -0.25) is 9.59 Å². The molecule has 1 N–H and O–H groups in total. The van der Waals surface area contributed by atoms with E-state index < -0.39 is 5.41 Å². The van der Waals surface area contributed by atoms with Gasteiger partial charge in [0.15, 0.2) is 5.78 Å². The second-order valence-electron chi connectivity index (χ2n) is 5.59. The van der Waals surface area contributed by atoms with Crippen LogP contribution in [0.1, 0.15) is 35.2 Å². The maximum atomic E-state index is 12.5. The molecule has 1 aromatic carbocycles. The van der Waals surface area contributed by atoms with Gasteiger partial charge < -0.3 is 10.0 Å². The molecule has 1 aliphatic heterocycles. The summed E-state index contributed by atoms with van der Waals surface area (Å²) in [5.41, 5.74) is 1.84. The average molecular weight is 259 g/mol.